The maximum Gasteiger partial charge on any atom is 0.257 e. The van der Waals surface area contributed by atoms with E-state index in [1.807, 2.05) is 25.1 Å². The normalized spacial score (nSPS) is 22.1. The molecule has 0 aliphatic heterocycles. The third-order valence-electron chi connectivity index (χ3n) is 5.76. The van der Waals surface area contributed by atoms with E-state index in [-0.39, 0.29) is 18.1 Å². The first-order valence-electron chi connectivity index (χ1n) is 10.3. The third kappa shape index (κ3) is 6.11. The zero-order valence-corrected chi connectivity index (χ0v) is 18.1. The second-order valence-electron chi connectivity index (χ2n) is 8.15. The quantitative estimate of drug-likeness (QED) is 0.642. The van der Waals surface area contributed by atoms with Crippen molar-refractivity contribution in [2.24, 2.45) is 5.92 Å². The minimum absolute atomic E-state index is 0.00860. The van der Waals surface area contributed by atoms with Gasteiger partial charge in [0.05, 0.1) is 7.11 Å². The maximum atomic E-state index is 11.6. The van der Waals surface area contributed by atoms with Crippen molar-refractivity contribution >= 4 is 5.91 Å². The number of nitrogens with one attached hydrogen (secondary N) is 2. The Kier molecular flexibility index (Phi) is 8.58. The second-order valence-corrected chi connectivity index (χ2v) is 8.15. The van der Waals surface area contributed by atoms with E-state index in [4.69, 9.17) is 9.47 Å². The van der Waals surface area contributed by atoms with E-state index in [1.165, 1.54) is 25.7 Å². The number of carbonyl (C=O) groups is 1. The molecule has 2 atom stereocenters. The predicted octanol–water partition coefficient (Wildman–Crippen LogP) is 2.81. The van der Waals surface area contributed by atoms with Crippen LogP contribution in [0.3, 0.4) is 0 Å². The van der Waals surface area contributed by atoms with E-state index >= 15 is 0 Å². The summed E-state index contributed by atoms with van der Waals surface area (Å²) in [5.41, 5.74) is 1.37. The molecule has 1 aliphatic rings. The first-order chi connectivity index (χ1) is 13.4. The van der Waals surface area contributed by atoms with Crippen molar-refractivity contribution in [1.29, 1.82) is 0 Å². The third-order valence-corrected chi connectivity index (χ3v) is 5.76. The van der Waals surface area contributed by atoms with Crippen molar-refractivity contribution in [2.75, 3.05) is 40.9 Å². The Morgan fingerprint density at radius 2 is 2.11 bits per heavy atom. The molecule has 6 nitrogen and oxygen atoms in total. The molecule has 1 amide bonds. The molecule has 158 valence electrons. The van der Waals surface area contributed by atoms with Gasteiger partial charge in [-0.05, 0) is 57.5 Å². The molecule has 1 aliphatic carbocycles. The summed E-state index contributed by atoms with van der Waals surface area (Å²) in [5.74, 6) is 1.88. The molecule has 0 saturated heterocycles. The Morgan fingerprint density at radius 3 is 2.75 bits per heavy atom. The van der Waals surface area contributed by atoms with E-state index in [0.717, 1.165) is 24.6 Å². The van der Waals surface area contributed by atoms with Crippen LogP contribution in [0.5, 0.6) is 11.5 Å². The van der Waals surface area contributed by atoms with Gasteiger partial charge in [-0.2, -0.15) is 0 Å². The highest BCUT2D eigenvalue weighted by Crippen LogP contribution is 2.35. The molecule has 6 heteroatoms. The Balaban J connectivity index is 1.94. The summed E-state index contributed by atoms with van der Waals surface area (Å²) >= 11 is 0. The van der Waals surface area contributed by atoms with Crippen LogP contribution in [0.1, 0.15) is 45.1 Å². The summed E-state index contributed by atoms with van der Waals surface area (Å²) in [6.45, 7) is 6.58. The van der Waals surface area contributed by atoms with Crippen LogP contribution in [-0.2, 0) is 11.3 Å². The van der Waals surface area contributed by atoms with Crippen LogP contribution in [0.25, 0.3) is 0 Å². The van der Waals surface area contributed by atoms with Gasteiger partial charge in [-0.15, -0.1) is 0 Å². The number of likely N-dealkylation sites (N-methyl/N-ethyl adjacent to an activating group) is 2. The predicted molar refractivity (Wildman–Crippen MR) is 113 cm³/mol. The molecule has 1 fully saturated rings. The Bertz CT molecular complexity index is 635. The van der Waals surface area contributed by atoms with Gasteiger partial charge in [0.15, 0.2) is 18.1 Å². The first-order valence-corrected chi connectivity index (χ1v) is 10.3. The van der Waals surface area contributed by atoms with Gasteiger partial charge in [0, 0.05) is 25.2 Å². The van der Waals surface area contributed by atoms with Crippen LogP contribution < -0.4 is 20.1 Å². The molecule has 1 saturated carbocycles. The lowest BCUT2D eigenvalue weighted by Crippen LogP contribution is -2.54. The lowest BCUT2D eigenvalue weighted by Gasteiger charge is -2.45. The van der Waals surface area contributed by atoms with Crippen molar-refractivity contribution < 1.29 is 14.3 Å². The number of benzene rings is 1. The van der Waals surface area contributed by atoms with E-state index in [0.29, 0.717) is 18.0 Å². The van der Waals surface area contributed by atoms with Gasteiger partial charge in [-0.25, -0.2) is 0 Å². The topological polar surface area (TPSA) is 62.8 Å². The van der Waals surface area contributed by atoms with Crippen LogP contribution in [-0.4, -0.2) is 57.2 Å². The fourth-order valence-electron chi connectivity index (χ4n) is 4.13. The highest BCUT2D eigenvalue weighted by atomic mass is 16.5. The van der Waals surface area contributed by atoms with Crippen LogP contribution in [0.2, 0.25) is 0 Å². The molecule has 1 aromatic carbocycles. The van der Waals surface area contributed by atoms with Gasteiger partial charge in [-0.3, -0.25) is 4.79 Å². The molecule has 0 radical (unpaired) electrons. The van der Waals surface area contributed by atoms with Gasteiger partial charge >= 0.3 is 0 Å². The lowest BCUT2D eigenvalue weighted by molar-refractivity contribution is -0.123. The number of hydrogen-bond donors (Lipinski definition) is 2. The van der Waals surface area contributed by atoms with Crippen LogP contribution in [0.4, 0.5) is 0 Å². The Hall–Kier alpha value is -1.79. The Morgan fingerprint density at radius 1 is 1.32 bits per heavy atom. The zero-order valence-electron chi connectivity index (χ0n) is 18.1. The minimum atomic E-state index is -0.133. The smallest absolute Gasteiger partial charge is 0.257 e. The maximum absolute atomic E-state index is 11.6. The molecule has 2 unspecified atom stereocenters. The highest BCUT2D eigenvalue weighted by Gasteiger charge is 2.36. The molecule has 1 aromatic rings. The molecular weight excluding hydrogens is 354 g/mol. The van der Waals surface area contributed by atoms with Crippen molar-refractivity contribution in [1.82, 2.24) is 15.5 Å². The number of hydrogen-bond acceptors (Lipinski definition) is 5. The van der Waals surface area contributed by atoms with Gasteiger partial charge in [0.25, 0.3) is 5.91 Å². The fraction of sp³-hybridized carbons (Fsp3) is 0.682. The summed E-state index contributed by atoms with van der Waals surface area (Å²) < 4.78 is 11.0. The SMILES string of the molecule is CCNC(=O)COc1ccc(CNCC2(N(C)C)CCCC(C)C2)cc1OC. The average Bonchev–Trinajstić information content (AvgIpc) is 2.67. The summed E-state index contributed by atoms with van der Waals surface area (Å²) in [6, 6.07) is 5.87. The van der Waals surface area contributed by atoms with Crippen LogP contribution >= 0.6 is 0 Å². The molecule has 0 heterocycles. The number of nitrogens with zero attached hydrogens (tertiary/aromatic N) is 1. The second kappa shape index (κ2) is 10.7. The van der Waals surface area contributed by atoms with Crippen molar-refractivity contribution in [3.05, 3.63) is 23.8 Å². The van der Waals surface area contributed by atoms with Crippen molar-refractivity contribution in [3.63, 3.8) is 0 Å². The van der Waals surface area contributed by atoms with Gasteiger partial charge in [0.1, 0.15) is 0 Å². The summed E-state index contributed by atoms with van der Waals surface area (Å²) in [4.78, 5) is 14.0. The van der Waals surface area contributed by atoms with E-state index in [9.17, 15) is 4.79 Å². The standard InChI is InChI=1S/C22H37N3O3/c1-6-24-21(26)15-28-19-10-9-18(12-20(19)27-5)14-23-16-22(25(3)4)11-7-8-17(2)13-22/h9-10,12,17,23H,6-8,11,13-16H2,1-5H3,(H,24,26). The lowest BCUT2D eigenvalue weighted by atomic mass is 9.75. The molecule has 28 heavy (non-hydrogen) atoms. The van der Waals surface area contributed by atoms with Crippen molar-refractivity contribution in [2.45, 2.75) is 51.6 Å². The number of methoxy groups -OCH3 is 1. The molecule has 0 aromatic heterocycles. The molecule has 0 bridgehead atoms. The molecule has 0 spiro atoms. The molecular formula is C22H37N3O3. The summed E-state index contributed by atoms with van der Waals surface area (Å²) in [5, 5.41) is 6.37. The monoisotopic (exact) mass is 391 g/mol. The zero-order chi connectivity index (χ0) is 20.6. The molecule has 2 rings (SSSR count). The number of rotatable bonds is 10. The first kappa shape index (κ1) is 22.5. The molecule has 2 N–H and O–H groups in total. The van der Waals surface area contributed by atoms with E-state index in [2.05, 4.69) is 36.6 Å². The minimum Gasteiger partial charge on any atom is -0.493 e. The average molecular weight is 392 g/mol. The Labute approximate surface area is 170 Å². The summed E-state index contributed by atoms with van der Waals surface area (Å²) in [7, 11) is 6.02. The number of ether oxygens (including phenoxy) is 2. The van der Waals surface area contributed by atoms with Gasteiger partial charge in [0.2, 0.25) is 0 Å². The highest BCUT2D eigenvalue weighted by molar-refractivity contribution is 5.77. The van der Waals surface area contributed by atoms with Crippen LogP contribution in [0, 0.1) is 5.92 Å². The fourth-order valence-corrected chi connectivity index (χ4v) is 4.13. The van der Waals surface area contributed by atoms with E-state index < -0.39 is 0 Å². The largest absolute Gasteiger partial charge is 0.493 e. The van der Waals surface area contributed by atoms with Crippen molar-refractivity contribution in [3.8, 4) is 11.5 Å². The van der Waals surface area contributed by atoms with Gasteiger partial charge < -0.3 is 25.0 Å². The summed E-state index contributed by atoms with van der Waals surface area (Å²) in [6.07, 6.45) is 5.12. The van der Waals surface area contributed by atoms with Gasteiger partial charge in [-0.1, -0.05) is 25.8 Å². The number of amides is 1. The number of carbonyl (C=O) groups excluding carboxylic acids is 1. The van der Waals surface area contributed by atoms with Crippen LogP contribution in [0.15, 0.2) is 18.2 Å². The van der Waals surface area contributed by atoms with E-state index in [1.54, 1.807) is 7.11 Å².